The summed E-state index contributed by atoms with van der Waals surface area (Å²) in [4.78, 5) is 15.6. The van der Waals surface area contributed by atoms with Gasteiger partial charge in [0.15, 0.2) is 5.78 Å². The zero-order valence-electron chi connectivity index (χ0n) is 21.9. The van der Waals surface area contributed by atoms with Crippen LogP contribution in [0, 0.1) is 0 Å². The molecule has 3 aromatic rings. The number of hydrogen-bond acceptors (Lipinski definition) is 9. The van der Waals surface area contributed by atoms with E-state index in [0.29, 0.717) is 23.9 Å². The molecule has 0 saturated carbocycles. The lowest BCUT2D eigenvalue weighted by atomic mass is 9.84. The number of nitrogens with zero attached hydrogens (tertiary/aromatic N) is 5. The second-order valence-electron chi connectivity index (χ2n) is 9.61. The molecule has 2 heterocycles. The van der Waals surface area contributed by atoms with Gasteiger partial charge in [-0.05, 0) is 47.4 Å². The average molecular weight is 524 g/mol. The smallest absolute Gasteiger partial charge is 0.212 e. The van der Waals surface area contributed by atoms with E-state index in [4.69, 9.17) is 14.2 Å². The first kappa shape index (κ1) is 26.7. The monoisotopic (exact) mass is 523 g/mol. The van der Waals surface area contributed by atoms with Crippen molar-refractivity contribution in [2.75, 3.05) is 51.2 Å². The number of hydrogen-bond donors (Lipinski definition) is 0. The molecule has 1 aliphatic rings. The molecule has 196 valence electrons. The lowest BCUT2D eigenvalue weighted by Crippen LogP contribution is -2.37. The number of carbonyl (C=O) groups is 1. The van der Waals surface area contributed by atoms with Gasteiger partial charge in [0.2, 0.25) is 5.16 Å². The molecule has 0 radical (unpaired) electrons. The fourth-order valence-corrected chi connectivity index (χ4v) is 4.77. The number of carbonyl (C=O) groups excluding carboxylic acids is 1. The summed E-state index contributed by atoms with van der Waals surface area (Å²) in [6.45, 7) is 9.17. The molecule has 0 amide bonds. The molecule has 2 aromatic carbocycles. The number of Topliss-reactive ketones (excluding diaryl/α,β-unsaturated/α-hetero) is 1. The summed E-state index contributed by atoms with van der Waals surface area (Å²) in [6, 6.07) is 11.5. The molecule has 0 N–H and O–H groups in total. The highest BCUT2D eigenvalue weighted by Gasteiger charge is 2.27. The van der Waals surface area contributed by atoms with Gasteiger partial charge in [-0.25, -0.2) is 0 Å². The third-order valence-corrected chi connectivity index (χ3v) is 6.97. The van der Waals surface area contributed by atoms with E-state index >= 15 is 0 Å². The zero-order chi connectivity index (χ0) is 26.4. The molecular weight excluding hydrogens is 490 g/mol. The topological polar surface area (TPSA) is 91.1 Å². The second kappa shape index (κ2) is 11.8. The van der Waals surface area contributed by atoms with E-state index in [2.05, 4.69) is 41.0 Å². The highest BCUT2D eigenvalue weighted by Crippen LogP contribution is 2.40. The Hall–Kier alpha value is -3.37. The number of aromatic nitrogens is 3. The summed E-state index contributed by atoms with van der Waals surface area (Å²) in [5.74, 6) is 1.79. The predicted molar refractivity (Wildman–Crippen MR) is 146 cm³/mol. The molecule has 1 aromatic heterocycles. The fourth-order valence-electron chi connectivity index (χ4n) is 4.01. The summed E-state index contributed by atoms with van der Waals surface area (Å²) in [5, 5.41) is 13.1. The maximum atomic E-state index is 13.4. The first-order valence-electron chi connectivity index (χ1n) is 12.1. The van der Waals surface area contributed by atoms with Crippen molar-refractivity contribution in [2.45, 2.75) is 31.3 Å². The van der Waals surface area contributed by atoms with E-state index in [-0.39, 0.29) is 17.0 Å². The van der Waals surface area contributed by atoms with Crippen LogP contribution in [0.15, 0.2) is 53.0 Å². The van der Waals surface area contributed by atoms with Crippen LogP contribution in [0.1, 0.15) is 42.3 Å². The van der Waals surface area contributed by atoms with Gasteiger partial charge in [-0.2, -0.15) is 9.78 Å². The highest BCUT2D eigenvalue weighted by atomic mass is 32.2. The Morgan fingerprint density at radius 1 is 1.14 bits per heavy atom. The number of morpholine rings is 1. The molecule has 0 unspecified atom stereocenters. The van der Waals surface area contributed by atoms with Gasteiger partial charge >= 0.3 is 0 Å². The number of benzene rings is 2. The lowest BCUT2D eigenvalue weighted by molar-refractivity contribution is 0.102. The van der Waals surface area contributed by atoms with Crippen molar-refractivity contribution in [3.8, 4) is 11.5 Å². The molecule has 1 aliphatic heterocycles. The summed E-state index contributed by atoms with van der Waals surface area (Å²) in [7, 11) is 3.31. The Morgan fingerprint density at radius 3 is 2.51 bits per heavy atom. The first-order valence-corrected chi connectivity index (χ1v) is 13.1. The standard InChI is InChI=1S/C27H33N5O4S/c1-27(2,3)22-14-20(15-23(25(22)35-5)31-10-12-36-13-11-31)24(33)17-37-26-30-28-18-32(26)29-16-19-6-8-21(34-4)9-7-19/h6-9,14-16,18H,10-13,17H2,1-5H3/b29-16+. The Bertz CT molecular complexity index is 1240. The van der Waals surface area contributed by atoms with Gasteiger partial charge in [0.25, 0.3) is 0 Å². The van der Waals surface area contributed by atoms with Crippen molar-refractivity contribution in [3.05, 3.63) is 59.4 Å². The molecule has 37 heavy (non-hydrogen) atoms. The van der Waals surface area contributed by atoms with Crippen LogP contribution in [0.3, 0.4) is 0 Å². The van der Waals surface area contributed by atoms with Crippen LogP contribution in [-0.4, -0.2) is 73.1 Å². The largest absolute Gasteiger partial charge is 0.497 e. The molecule has 4 rings (SSSR count). The van der Waals surface area contributed by atoms with Gasteiger partial charge in [0.05, 0.1) is 45.1 Å². The number of methoxy groups -OCH3 is 2. The van der Waals surface area contributed by atoms with Crippen molar-refractivity contribution in [1.29, 1.82) is 0 Å². The summed E-state index contributed by atoms with van der Waals surface area (Å²) >= 11 is 1.30. The fraction of sp³-hybridized carbons (Fsp3) is 0.407. The van der Waals surface area contributed by atoms with Crippen molar-refractivity contribution in [1.82, 2.24) is 14.9 Å². The Kier molecular flexibility index (Phi) is 8.50. The van der Waals surface area contributed by atoms with Gasteiger partial charge < -0.3 is 19.1 Å². The molecule has 1 fully saturated rings. The molecule has 0 spiro atoms. The molecule has 9 nitrogen and oxygen atoms in total. The van der Waals surface area contributed by atoms with E-state index in [1.165, 1.54) is 18.1 Å². The third-order valence-electron chi connectivity index (χ3n) is 6.03. The van der Waals surface area contributed by atoms with Crippen molar-refractivity contribution in [2.24, 2.45) is 5.10 Å². The molecule has 1 saturated heterocycles. The molecule has 0 bridgehead atoms. The number of ketones is 1. The lowest BCUT2D eigenvalue weighted by Gasteiger charge is -2.33. The van der Waals surface area contributed by atoms with Crippen LogP contribution in [0.4, 0.5) is 5.69 Å². The number of thioether (sulfide) groups is 1. The Labute approximate surface area is 221 Å². The van der Waals surface area contributed by atoms with Gasteiger partial charge in [0.1, 0.15) is 17.8 Å². The van der Waals surface area contributed by atoms with Crippen LogP contribution in [-0.2, 0) is 10.2 Å². The maximum absolute atomic E-state index is 13.4. The van der Waals surface area contributed by atoms with Crippen LogP contribution in [0.25, 0.3) is 0 Å². The zero-order valence-corrected chi connectivity index (χ0v) is 22.7. The van der Waals surface area contributed by atoms with E-state index in [1.807, 2.05) is 36.4 Å². The SMILES string of the molecule is COc1ccc(/C=N/n2cnnc2SCC(=O)c2cc(N3CCOCC3)c(OC)c(C(C)(C)C)c2)cc1. The molecule has 10 heteroatoms. The van der Waals surface area contributed by atoms with Gasteiger partial charge in [-0.1, -0.05) is 32.5 Å². The Morgan fingerprint density at radius 2 is 1.86 bits per heavy atom. The molecule has 0 atom stereocenters. The Balaban J connectivity index is 1.53. The van der Waals surface area contributed by atoms with E-state index in [0.717, 1.165) is 41.4 Å². The minimum atomic E-state index is -0.202. The number of anilines is 1. The van der Waals surface area contributed by atoms with Gasteiger partial charge in [0, 0.05) is 24.2 Å². The van der Waals surface area contributed by atoms with Crippen molar-refractivity contribution < 1.29 is 19.0 Å². The normalized spacial score (nSPS) is 14.2. The summed E-state index contributed by atoms with van der Waals surface area (Å²) in [6.07, 6.45) is 3.23. The summed E-state index contributed by atoms with van der Waals surface area (Å²) in [5.41, 5.74) is 3.28. The average Bonchev–Trinajstić information content (AvgIpc) is 3.37. The highest BCUT2D eigenvalue weighted by molar-refractivity contribution is 7.99. The van der Waals surface area contributed by atoms with E-state index in [9.17, 15) is 4.79 Å². The van der Waals surface area contributed by atoms with Crippen molar-refractivity contribution in [3.63, 3.8) is 0 Å². The van der Waals surface area contributed by atoms with Crippen LogP contribution in [0.2, 0.25) is 0 Å². The van der Waals surface area contributed by atoms with Crippen LogP contribution < -0.4 is 14.4 Å². The van der Waals surface area contributed by atoms with E-state index < -0.39 is 0 Å². The number of ether oxygens (including phenoxy) is 3. The molecule has 0 aliphatic carbocycles. The summed E-state index contributed by atoms with van der Waals surface area (Å²) < 4.78 is 18.1. The molecular formula is C27H33N5O4S. The maximum Gasteiger partial charge on any atom is 0.212 e. The number of rotatable bonds is 9. The minimum Gasteiger partial charge on any atom is -0.497 e. The van der Waals surface area contributed by atoms with E-state index in [1.54, 1.807) is 25.1 Å². The quantitative estimate of drug-likeness (QED) is 0.233. The van der Waals surface area contributed by atoms with Crippen LogP contribution >= 0.6 is 11.8 Å². The predicted octanol–water partition coefficient (Wildman–Crippen LogP) is 4.29. The first-order chi connectivity index (χ1) is 17.8. The van der Waals surface area contributed by atoms with Crippen molar-refractivity contribution >= 4 is 29.4 Å². The second-order valence-corrected chi connectivity index (χ2v) is 10.6. The van der Waals surface area contributed by atoms with Crippen LogP contribution in [0.5, 0.6) is 11.5 Å². The van der Waals surface area contributed by atoms with Gasteiger partial charge in [-0.3, -0.25) is 4.79 Å². The minimum absolute atomic E-state index is 0.00125. The van der Waals surface area contributed by atoms with Gasteiger partial charge in [-0.15, -0.1) is 10.2 Å². The third kappa shape index (κ3) is 6.50.